The number of aliphatic imine (C=N–C) groups is 2. The van der Waals surface area contributed by atoms with Gasteiger partial charge in [-0.2, -0.15) is 0 Å². The summed E-state index contributed by atoms with van der Waals surface area (Å²) in [4.78, 5) is 9.22. The molecule has 1 aliphatic heterocycles. The maximum atomic E-state index is 5.35. The van der Waals surface area contributed by atoms with Crippen LogP contribution in [0, 0.1) is 5.92 Å². The molecule has 1 rings (SSSR count). The highest BCUT2D eigenvalue weighted by molar-refractivity contribution is 14.1. The Labute approximate surface area is 121 Å². The second-order valence-electron chi connectivity index (χ2n) is 4.03. The summed E-state index contributed by atoms with van der Waals surface area (Å²) in [6.07, 6.45) is 0. The van der Waals surface area contributed by atoms with Crippen LogP contribution in [0.1, 0.15) is 13.8 Å². The molecular weight excluding hydrogens is 351 g/mol. The first-order valence-electron chi connectivity index (χ1n) is 5.51. The minimum absolute atomic E-state index is 0.00952. The number of hydrogen-bond acceptors (Lipinski definition) is 5. The van der Waals surface area contributed by atoms with E-state index in [-0.39, 0.29) is 12.1 Å². The van der Waals surface area contributed by atoms with Crippen LogP contribution in [0.4, 0.5) is 0 Å². The van der Waals surface area contributed by atoms with Crippen LogP contribution < -0.4 is 0 Å². The second kappa shape index (κ2) is 7.45. The van der Waals surface area contributed by atoms with Gasteiger partial charge in [-0.3, -0.25) is 0 Å². The van der Waals surface area contributed by atoms with Crippen molar-refractivity contribution in [3.63, 3.8) is 0 Å². The van der Waals surface area contributed by atoms with Gasteiger partial charge in [0, 0.05) is 9.51 Å². The fraction of sp³-hybridized carbons (Fsp3) is 0.818. The average molecular weight is 370 g/mol. The van der Waals surface area contributed by atoms with E-state index in [0.717, 1.165) is 21.3 Å². The molecule has 0 saturated heterocycles. The summed E-state index contributed by atoms with van der Waals surface area (Å²) in [5.74, 6) is 2.69. The monoisotopic (exact) mass is 370 g/mol. The zero-order valence-corrected chi connectivity index (χ0v) is 13.6. The van der Waals surface area contributed by atoms with E-state index in [1.807, 2.05) is 11.8 Å². The van der Waals surface area contributed by atoms with Crippen LogP contribution >= 0.6 is 34.4 Å². The van der Waals surface area contributed by atoms with Gasteiger partial charge < -0.3 is 9.47 Å². The van der Waals surface area contributed by atoms with Crippen molar-refractivity contribution in [2.75, 3.05) is 23.7 Å². The third-order valence-corrected chi connectivity index (χ3v) is 4.52. The molecule has 2 atom stereocenters. The predicted molar refractivity (Wildman–Crippen MR) is 82.6 cm³/mol. The smallest absolute Gasteiger partial charge is 0.210 e. The van der Waals surface area contributed by atoms with E-state index in [4.69, 9.17) is 9.47 Å². The number of rotatable bonds is 4. The molecule has 0 amide bonds. The largest absolute Gasteiger partial charge is 0.483 e. The average Bonchev–Trinajstić information content (AvgIpc) is 2.34. The van der Waals surface area contributed by atoms with Gasteiger partial charge in [-0.1, -0.05) is 36.4 Å². The van der Waals surface area contributed by atoms with Crippen LogP contribution in [0.25, 0.3) is 0 Å². The lowest BCUT2D eigenvalue weighted by atomic mass is 10.0. The van der Waals surface area contributed by atoms with E-state index in [2.05, 4.69) is 46.4 Å². The van der Waals surface area contributed by atoms with Gasteiger partial charge in [-0.15, -0.1) is 11.8 Å². The first-order valence-corrected chi connectivity index (χ1v) is 8.19. The fourth-order valence-corrected chi connectivity index (χ4v) is 2.92. The van der Waals surface area contributed by atoms with Crippen molar-refractivity contribution in [2.24, 2.45) is 15.9 Å². The third-order valence-electron chi connectivity index (χ3n) is 2.49. The standard InChI is InChI=1S/C11H19IN2O2S/c1-7(2)9-11(16-4)13-8(5-17-6-12)10(14-9)15-3/h7-9H,5-6H2,1-4H3/t8-,9+/m0/s1. The van der Waals surface area contributed by atoms with Gasteiger partial charge in [-0.25, -0.2) is 9.98 Å². The molecule has 1 heterocycles. The topological polar surface area (TPSA) is 43.2 Å². The van der Waals surface area contributed by atoms with Crippen LogP contribution in [-0.2, 0) is 9.47 Å². The van der Waals surface area contributed by atoms with Gasteiger partial charge in [0.05, 0.1) is 14.2 Å². The van der Waals surface area contributed by atoms with Crippen molar-refractivity contribution in [1.82, 2.24) is 0 Å². The fourth-order valence-electron chi connectivity index (χ4n) is 1.62. The summed E-state index contributed by atoms with van der Waals surface area (Å²) >= 11 is 4.15. The Kier molecular flexibility index (Phi) is 6.61. The minimum atomic E-state index is -0.0178. The Morgan fingerprint density at radius 3 is 2.35 bits per heavy atom. The number of hydrogen-bond donors (Lipinski definition) is 0. The first kappa shape index (κ1) is 15.1. The van der Waals surface area contributed by atoms with Crippen LogP contribution in [0.2, 0.25) is 0 Å². The van der Waals surface area contributed by atoms with Crippen LogP contribution in [0.5, 0.6) is 0 Å². The van der Waals surface area contributed by atoms with Crippen molar-refractivity contribution in [3.8, 4) is 0 Å². The zero-order valence-electron chi connectivity index (χ0n) is 10.6. The molecule has 98 valence electrons. The molecule has 0 N–H and O–H groups in total. The zero-order chi connectivity index (χ0) is 12.8. The molecule has 0 aromatic rings. The molecular formula is C11H19IN2O2S. The minimum Gasteiger partial charge on any atom is -0.483 e. The number of thioether (sulfide) groups is 1. The van der Waals surface area contributed by atoms with Gasteiger partial charge >= 0.3 is 0 Å². The second-order valence-corrected chi connectivity index (χ2v) is 6.86. The van der Waals surface area contributed by atoms with Crippen molar-refractivity contribution in [2.45, 2.75) is 25.9 Å². The summed E-state index contributed by atoms with van der Waals surface area (Å²) in [7, 11) is 3.31. The molecule has 0 aromatic heterocycles. The van der Waals surface area contributed by atoms with E-state index < -0.39 is 0 Å². The van der Waals surface area contributed by atoms with E-state index >= 15 is 0 Å². The normalized spacial score (nSPS) is 24.4. The summed E-state index contributed by atoms with van der Waals surface area (Å²) in [6, 6.07) is -0.0273. The number of methoxy groups -OCH3 is 2. The molecule has 1 aliphatic rings. The summed E-state index contributed by atoms with van der Waals surface area (Å²) in [6.45, 7) is 4.21. The predicted octanol–water partition coefficient (Wildman–Crippen LogP) is 2.61. The summed E-state index contributed by atoms with van der Waals surface area (Å²) < 4.78 is 11.7. The Morgan fingerprint density at radius 1 is 1.24 bits per heavy atom. The molecule has 0 spiro atoms. The van der Waals surface area contributed by atoms with E-state index in [1.54, 1.807) is 14.2 Å². The Bertz CT molecular complexity index is 308. The summed E-state index contributed by atoms with van der Waals surface area (Å²) in [5, 5.41) is 0. The van der Waals surface area contributed by atoms with Crippen LogP contribution in [0.3, 0.4) is 0 Å². The Morgan fingerprint density at radius 2 is 1.88 bits per heavy atom. The maximum absolute atomic E-state index is 5.35. The van der Waals surface area contributed by atoms with Gasteiger partial charge in [0.25, 0.3) is 0 Å². The van der Waals surface area contributed by atoms with Gasteiger partial charge in [0.1, 0.15) is 12.1 Å². The van der Waals surface area contributed by atoms with Crippen LogP contribution in [-0.4, -0.2) is 47.6 Å². The van der Waals surface area contributed by atoms with Gasteiger partial charge in [-0.05, 0) is 5.92 Å². The highest BCUT2D eigenvalue weighted by Gasteiger charge is 2.30. The van der Waals surface area contributed by atoms with Crippen molar-refractivity contribution in [1.29, 1.82) is 0 Å². The third kappa shape index (κ3) is 4.01. The Hall–Kier alpha value is 0.0200. The molecule has 0 aromatic carbocycles. The van der Waals surface area contributed by atoms with Gasteiger partial charge in [0.2, 0.25) is 11.8 Å². The molecule has 4 nitrogen and oxygen atoms in total. The highest BCUT2D eigenvalue weighted by atomic mass is 127. The van der Waals surface area contributed by atoms with Gasteiger partial charge in [0.15, 0.2) is 0 Å². The van der Waals surface area contributed by atoms with Crippen molar-refractivity contribution < 1.29 is 9.47 Å². The first-order chi connectivity index (χ1) is 8.13. The molecule has 6 heteroatoms. The lowest BCUT2D eigenvalue weighted by Crippen LogP contribution is -2.38. The van der Waals surface area contributed by atoms with E-state index in [0.29, 0.717) is 5.92 Å². The quantitative estimate of drug-likeness (QED) is 0.565. The molecule has 17 heavy (non-hydrogen) atoms. The molecule has 0 unspecified atom stereocenters. The number of halogens is 1. The van der Waals surface area contributed by atoms with E-state index in [1.165, 1.54) is 0 Å². The molecule has 0 bridgehead atoms. The lowest BCUT2D eigenvalue weighted by molar-refractivity contribution is 0.336. The number of nitrogens with zero attached hydrogens (tertiary/aromatic N) is 2. The number of alkyl halides is 1. The van der Waals surface area contributed by atoms with Crippen molar-refractivity contribution >= 4 is 46.1 Å². The highest BCUT2D eigenvalue weighted by Crippen LogP contribution is 2.20. The van der Waals surface area contributed by atoms with E-state index in [9.17, 15) is 0 Å². The number of ether oxygens (including phenoxy) is 2. The lowest BCUT2D eigenvalue weighted by Gasteiger charge is -2.26. The Balaban J connectivity index is 2.86. The SMILES string of the molecule is COC1=N[C@H](C(C)C)C(OC)=N[C@H]1CSCI. The molecule has 0 fully saturated rings. The molecule has 0 radical (unpaired) electrons. The maximum Gasteiger partial charge on any atom is 0.210 e. The van der Waals surface area contributed by atoms with Crippen LogP contribution in [0.15, 0.2) is 9.98 Å². The summed E-state index contributed by atoms with van der Waals surface area (Å²) in [5.41, 5.74) is 0. The molecule has 0 aliphatic carbocycles. The molecule has 0 saturated carbocycles. The van der Waals surface area contributed by atoms with Crippen molar-refractivity contribution in [3.05, 3.63) is 0 Å².